The number of halogens is 4. The minimum atomic E-state index is -1.18. The van der Waals surface area contributed by atoms with Crippen LogP contribution in [-0.2, 0) is 19.9 Å². The normalized spacial score (nSPS) is 16.6. The maximum Gasteiger partial charge on any atom is 0.410 e. The number of piperidine rings is 2. The molecule has 2 aromatic rings. The number of aliphatic hydroxyl groups is 1. The van der Waals surface area contributed by atoms with Gasteiger partial charge in [-0.05, 0) is 78.6 Å². The van der Waals surface area contributed by atoms with Crippen LogP contribution >= 0.6 is 46.4 Å². The number of ether oxygens (including phenoxy) is 2. The molecule has 10 nitrogen and oxygen atoms in total. The van der Waals surface area contributed by atoms with Crippen LogP contribution in [0.5, 0.6) is 0 Å². The van der Waals surface area contributed by atoms with Gasteiger partial charge >= 0.3 is 12.2 Å². The number of ketones is 1. The number of rotatable bonds is 1. The van der Waals surface area contributed by atoms with Crippen LogP contribution in [0.2, 0.25) is 20.4 Å². The molecule has 2 aromatic heterocycles. The van der Waals surface area contributed by atoms with Crippen LogP contribution in [0.1, 0.15) is 72.9 Å². The first-order chi connectivity index (χ1) is 20.3. The molecule has 0 saturated carbocycles. The van der Waals surface area contributed by atoms with Gasteiger partial charge in [-0.25, -0.2) is 19.6 Å². The van der Waals surface area contributed by atoms with Gasteiger partial charge in [0.25, 0.3) is 0 Å². The first-order valence-corrected chi connectivity index (χ1v) is 15.6. The Morgan fingerprint density at radius 2 is 1.27 bits per heavy atom. The minimum absolute atomic E-state index is 0.227. The summed E-state index contributed by atoms with van der Waals surface area (Å²) in [6.07, 6.45) is 2.39. The highest BCUT2D eigenvalue weighted by atomic mass is 35.5. The van der Waals surface area contributed by atoms with Crippen molar-refractivity contribution in [2.24, 2.45) is 0 Å². The van der Waals surface area contributed by atoms with Crippen LogP contribution in [-0.4, -0.2) is 80.2 Å². The van der Waals surface area contributed by atoms with Crippen LogP contribution in [0.15, 0.2) is 30.5 Å². The third kappa shape index (κ3) is 13.3. The van der Waals surface area contributed by atoms with E-state index < -0.39 is 16.8 Å². The Balaban J connectivity index is 0.000000260. The number of aromatic nitrogens is 2. The number of Topliss-reactive ketones (excluding diaryl/α,β-unsaturated/α-hetero) is 1. The van der Waals surface area contributed by atoms with E-state index in [2.05, 4.69) is 9.97 Å². The van der Waals surface area contributed by atoms with Gasteiger partial charge in [0.15, 0.2) is 0 Å². The first kappa shape index (κ1) is 37.8. The molecule has 0 aliphatic carbocycles. The van der Waals surface area contributed by atoms with Crippen molar-refractivity contribution < 1.29 is 29.0 Å². The lowest BCUT2D eigenvalue weighted by molar-refractivity contribution is -0.121. The topological polar surface area (TPSA) is 122 Å². The van der Waals surface area contributed by atoms with Gasteiger partial charge in [-0.15, -0.1) is 0 Å². The van der Waals surface area contributed by atoms with Gasteiger partial charge in [0.05, 0.1) is 15.7 Å². The van der Waals surface area contributed by atoms with Crippen molar-refractivity contribution in [3.05, 3.63) is 56.5 Å². The predicted molar refractivity (Wildman–Crippen MR) is 171 cm³/mol. The van der Waals surface area contributed by atoms with Gasteiger partial charge in [-0.1, -0.05) is 46.4 Å². The van der Waals surface area contributed by atoms with E-state index in [-0.39, 0.29) is 23.1 Å². The summed E-state index contributed by atoms with van der Waals surface area (Å²) < 4.78 is 10.5. The van der Waals surface area contributed by atoms with Gasteiger partial charge in [-0.2, -0.15) is 0 Å². The highest BCUT2D eigenvalue weighted by Crippen LogP contribution is 2.36. The van der Waals surface area contributed by atoms with E-state index in [0.29, 0.717) is 72.8 Å². The largest absolute Gasteiger partial charge is 0.444 e. The molecule has 4 heterocycles. The number of likely N-dealkylation sites (tertiary alicyclic amines) is 2. The summed E-state index contributed by atoms with van der Waals surface area (Å²) in [5.41, 5.74) is -1.81. The standard InChI is InChI=1S/C15H20Cl2N2O3.C10H17NO3.C5H3Cl2N/c1-14(2,3)22-13(20)19-8-6-15(21,7-9-19)12-10(16)4-5-11(17)18-12;1-10(2,3)14-9(13)11-6-4-8(12)5-7-11;6-4-1-2-5(7)8-3-4/h4-5,21H,6-9H2,1-3H3;4-7H2,1-3H3;1-3H. The van der Waals surface area contributed by atoms with Crippen molar-refractivity contribution in [3.63, 3.8) is 0 Å². The molecule has 0 spiro atoms. The zero-order chi connectivity index (χ0) is 33.3. The zero-order valence-corrected chi connectivity index (χ0v) is 28.9. The van der Waals surface area contributed by atoms with E-state index >= 15 is 0 Å². The van der Waals surface area contributed by atoms with Crippen LogP contribution in [0, 0.1) is 0 Å². The molecule has 2 fully saturated rings. The maximum absolute atomic E-state index is 12.0. The van der Waals surface area contributed by atoms with Gasteiger partial charge in [-0.3, -0.25) is 4.79 Å². The number of nitrogens with zero attached hydrogens (tertiary/aromatic N) is 4. The fraction of sp³-hybridized carbons (Fsp3) is 0.567. The van der Waals surface area contributed by atoms with E-state index in [0.717, 1.165) is 0 Å². The van der Waals surface area contributed by atoms with E-state index in [1.807, 2.05) is 41.5 Å². The smallest absolute Gasteiger partial charge is 0.410 e. The monoisotopic (exact) mass is 692 g/mol. The number of carbonyl (C=O) groups is 3. The van der Waals surface area contributed by atoms with E-state index in [4.69, 9.17) is 55.9 Å². The molecule has 44 heavy (non-hydrogen) atoms. The Morgan fingerprint density at radius 1 is 0.795 bits per heavy atom. The lowest BCUT2D eigenvalue weighted by atomic mass is 9.88. The molecule has 2 amide bonds. The Labute approximate surface area is 278 Å². The molecule has 4 rings (SSSR count). The molecule has 0 radical (unpaired) electrons. The summed E-state index contributed by atoms with van der Waals surface area (Å²) in [4.78, 5) is 45.5. The van der Waals surface area contributed by atoms with E-state index in [1.54, 1.807) is 34.1 Å². The molecular formula is C30H40Cl4N4O6. The highest BCUT2D eigenvalue weighted by molar-refractivity contribution is 6.33. The van der Waals surface area contributed by atoms with Crippen molar-refractivity contribution >= 4 is 64.4 Å². The second kappa shape index (κ2) is 16.3. The number of carbonyl (C=O) groups excluding carboxylic acids is 3. The molecular weight excluding hydrogens is 654 g/mol. The van der Waals surface area contributed by atoms with Crippen LogP contribution in [0.4, 0.5) is 9.59 Å². The second-order valence-corrected chi connectivity index (χ2v) is 13.9. The molecule has 2 saturated heterocycles. The highest BCUT2D eigenvalue weighted by Gasteiger charge is 2.39. The molecule has 2 aliphatic rings. The van der Waals surface area contributed by atoms with Crippen molar-refractivity contribution in [1.29, 1.82) is 0 Å². The van der Waals surface area contributed by atoms with Crippen LogP contribution in [0.3, 0.4) is 0 Å². The third-order valence-electron chi connectivity index (χ3n) is 6.16. The van der Waals surface area contributed by atoms with Gasteiger partial charge < -0.3 is 24.4 Å². The first-order valence-electron chi connectivity index (χ1n) is 14.1. The Kier molecular flexibility index (Phi) is 14.0. The van der Waals surface area contributed by atoms with Gasteiger partial charge in [0.1, 0.15) is 32.9 Å². The summed E-state index contributed by atoms with van der Waals surface area (Å²) in [6.45, 7) is 12.7. The molecule has 0 atom stereocenters. The molecule has 0 unspecified atom stereocenters. The summed E-state index contributed by atoms with van der Waals surface area (Å²) in [5, 5.41) is 12.5. The predicted octanol–water partition coefficient (Wildman–Crippen LogP) is 7.58. The quantitative estimate of drug-likeness (QED) is 0.303. The molecule has 2 aliphatic heterocycles. The van der Waals surface area contributed by atoms with Crippen molar-refractivity contribution in [2.75, 3.05) is 26.2 Å². The molecule has 0 bridgehead atoms. The molecule has 0 aromatic carbocycles. The summed E-state index contributed by atoms with van der Waals surface area (Å²) in [6, 6.07) is 6.53. The maximum atomic E-state index is 12.0. The number of amides is 2. The number of hydrogen-bond donors (Lipinski definition) is 1. The Bertz CT molecular complexity index is 1240. The third-order valence-corrected chi connectivity index (χ3v) is 7.12. The molecule has 244 valence electrons. The van der Waals surface area contributed by atoms with Crippen molar-refractivity contribution in [2.45, 2.75) is 84.0 Å². The van der Waals surface area contributed by atoms with E-state index in [9.17, 15) is 19.5 Å². The fourth-order valence-electron chi connectivity index (χ4n) is 3.99. The Morgan fingerprint density at radius 3 is 1.70 bits per heavy atom. The number of pyridine rings is 2. The molecule has 1 N–H and O–H groups in total. The second-order valence-electron chi connectivity index (χ2n) is 12.3. The Hall–Kier alpha value is -2.37. The minimum Gasteiger partial charge on any atom is -0.444 e. The average Bonchev–Trinajstić information content (AvgIpc) is 2.91. The van der Waals surface area contributed by atoms with Crippen LogP contribution in [0.25, 0.3) is 0 Å². The fourth-order valence-corrected chi connectivity index (χ4v) is 4.64. The van der Waals surface area contributed by atoms with Crippen LogP contribution < -0.4 is 0 Å². The molecule has 14 heteroatoms. The van der Waals surface area contributed by atoms with E-state index in [1.165, 1.54) is 6.20 Å². The summed E-state index contributed by atoms with van der Waals surface area (Å²) >= 11 is 22.9. The van der Waals surface area contributed by atoms with Gasteiger partial charge in [0, 0.05) is 45.2 Å². The number of hydrogen-bond acceptors (Lipinski definition) is 8. The van der Waals surface area contributed by atoms with Gasteiger partial charge in [0.2, 0.25) is 0 Å². The van der Waals surface area contributed by atoms with Crippen molar-refractivity contribution in [1.82, 2.24) is 19.8 Å². The lowest BCUT2D eigenvalue weighted by Crippen LogP contribution is -2.47. The summed E-state index contributed by atoms with van der Waals surface area (Å²) in [7, 11) is 0. The van der Waals surface area contributed by atoms with Crippen molar-refractivity contribution in [3.8, 4) is 0 Å². The SMILES string of the molecule is CC(C)(C)OC(=O)N1CCC(=O)CC1.CC(C)(C)OC(=O)N1CCC(O)(c2nc(Cl)ccc2Cl)CC1.Clc1ccc(Cl)nc1. The average molecular weight is 694 g/mol. The zero-order valence-electron chi connectivity index (χ0n) is 25.8. The summed E-state index contributed by atoms with van der Waals surface area (Å²) in [5.74, 6) is 0.227. The lowest BCUT2D eigenvalue weighted by Gasteiger charge is -2.38.